The van der Waals surface area contributed by atoms with Gasteiger partial charge in [-0.15, -0.1) is 11.6 Å². The highest BCUT2D eigenvalue weighted by molar-refractivity contribution is 6.20. The van der Waals surface area contributed by atoms with E-state index in [1.807, 2.05) is 24.3 Å². The Balaban J connectivity index is 1.84. The zero-order valence-electron chi connectivity index (χ0n) is 10.9. The van der Waals surface area contributed by atoms with Crippen LogP contribution in [0.3, 0.4) is 0 Å². The van der Waals surface area contributed by atoms with Crippen LogP contribution in [0, 0.1) is 12.7 Å². The van der Waals surface area contributed by atoms with Gasteiger partial charge in [-0.3, -0.25) is 0 Å². The van der Waals surface area contributed by atoms with Gasteiger partial charge >= 0.3 is 0 Å². The van der Waals surface area contributed by atoms with Crippen LogP contribution in [0.25, 0.3) is 11.1 Å². The fourth-order valence-corrected chi connectivity index (χ4v) is 2.41. The molecule has 0 spiro atoms. The van der Waals surface area contributed by atoms with E-state index in [9.17, 15) is 4.39 Å². The molecule has 0 radical (unpaired) electrons. The smallest absolute Gasteiger partial charge is 0.197 e. The molecule has 0 saturated carbocycles. The summed E-state index contributed by atoms with van der Waals surface area (Å²) in [4.78, 5) is 4.39. The molecule has 0 bridgehead atoms. The highest BCUT2D eigenvalue weighted by Crippen LogP contribution is 2.27. The standard InChI is InChI=1S/C16H13ClFNO/c1-10-8-11(6-7-13(10)18)12(17)9-16-19-14-4-2-3-5-15(14)20-16/h2-8,12H,9H2,1H3. The molecule has 1 atom stereocenters. The van der Waals surface area contributed by atoms with Gasteiger partial charge in [0.25, 0.3) is 0 Å². The molecular formula is C16H13ClFNO. The number of benzene rings is 2. The number of hydrogen-bond donors (Lipinski definition) is 0. The first kappa shape index (κ1) is 13.1. The number of para-hydroxylation sites is 2. The molecule has 20 heavy (non-hydrogen) atoms. The minimum atomic E-state index is -0.289. The zero-order valence-corrected chi connectivity index (χ0v) is 11.7. The van der Waals surface area contributed by atoms with E-state index in [-0.39, 0.29) is 11.2 Å². The van der Waals surface area contributed by atoms with Crippen LogP contribution in [-0.4, -0.2) is 4.98 Å². The number of oxazole rings is 1. The van der Waals surface area contributed by atoms with Crippen LogP contribution in [0.1, 0.15) is 22.4 Å². The Morgan fingerprint density at radius 2 is 2.05 bits per heavy atom. The molecule has 0 saturated heterocycles. The number of fused-ring (bicyclic) bond motifs is 1. The van der Waals surface area contributed by atoms with Crippen molar-refractivity contribution >= 4 is 22.7 Å². The summed E-state index contributed by atoms with van der Waals surface area (Å²) in [6.45, 7) is 1.72. The largest absolute Gasteiger partial charge is 0.441 e. The lowest BCUT2D eigenvalue weighted by Gasteiger charge is -2.08. The SMILES string of the molecule is Cc1cc(C(Cl)Cc2nc3ccccc3o2)ccc1F. The van der Waals surface area contributed by atoms with Crippen LogP contribution in [0.4, 0.5) is 4.39 Å². The van der Waals surface area contributed by atoms with E-state index in [1.165, 1.54) is 6.07 Å². The number of alkyl halides is 1. The normalized spacial score (nSPS) is 12.8. The Labute approximate surface area is 121 Å². The summed E-state index contributed by atoms with van der Waals surface area (Å²) in [7, 11) is 0. The second-order valence-electron chi connectivity index (χ2n) is 4.76. The van der Waals surface area contributed by atoms with E-state index < -0.39 is 0 Å². The van der Waals surface area contributed by atoms with Crippen LogP contribution in [0.15, 0.2) is 46.9 Å². The number of nitrogens with zero attached hydrogens (tertiary/aromatic N) is 1. The molecule has 0 aliphatic rings. The number of hydrogen-bond acceptors (Lipinski definition) is 2. The average molecular weight is 290 g/mol. The van der Waals surface area contributed by atoms with E-state index in [0.717, 1.165) is 16.7 Å². The number of aryl methyl sites for hydroxylation is 1. The summed E-state index contributed by atoms with van der Waals surface area (Å²) < 4.78 is 18.9. The molecule has 0 aliphatic carbocycles. The first-order valence-corrected chi connectivity index (χ1v) is 6.81. The van der Waals surface area contributed by atoms with Crippen LogP contribution in [0.2, 0.25) is 0 Å². The molecule has 1 heterocycles. The molecule has 1 unspecified atom stereocenters. The third-order valence-electron chi connectivity index (χ3n) is 3.24. The van der Waals surface area contributed by atoms with Gasteiger partial charge in [0.15, 0.2) is 11.5 Å². The summed E-state index contributed by atoms with van der Waals surface area (Å²) in [6, 6.07) is 12.5. The number of aromatic nitrogens is 1. The van der Waals surface area contributed by atoms with Crippen molar-refractivity contribution in [2.24, 2.45) is 0 Å². The molecule has 0 fully saturated rings. The van der Waals surface area contributed by atoms with Crippen molar-refractivity contribution in [1.29, 1.82) is 0 Å². The molecule has 1 aromatic heterocycles. The van der Waals surface area contributed by atoms with Gasteiger partial charge in [0.1, 0.15) is 11.3 Å². The van der Waals surface area contributed by atoms with Gasteiger partial charge in [0.2, 0.25) is 0 Å². The van der Waals surface area contributed by atoms with Gasteiger partial charge in [-0.1, -0.05) is 24.3 Å². The maximum absolute atomic E-state index is 13.3. The third kappa shape index (κ3) is 2.54. The van der Waals surface area contributed by atoms with E-state index >= 15 is 0 Å². The first-order valence-electron chi connectivity index (χ1n) is 6.38. The van der Waals surface area contributed by atoms with Crippen molar-refractivity contribution in [1.82, 2.24) is 4.98 Å². The van der Waals surface area contributed by atoms with Gasteiger partial charge < -0.3 is 4.42 Å². The van der Waals surface area contributed by atoms with Crippen LogP contribution in [-0.2, 0) is 6.42 Å². The van der Waals surface area contributed by atoms with Gasteiger partial charge in [-0.25, -0.2) is 9.37 Å². The Kier molecular flexibility index (Phi) is 3.45. The predicted molar refractivity (Wildman–Crippen MR) is 77.4 cm³/mol. The second kappa shape index (κ2) is 5.25. The lowest BCUT2D eigenvalue weighted by molar-refractivity contribution is 0.525. The molecule has 3 rings (SSSR count). The summed E-state index contributed by atoms with van der Waals surface area (Å²) in [5.74, 6) is 0.368. The summed E-state index contributed by atoms with van der Waals surface area (Å²) in [5.41, 5.74) is 3.03. The van der Waals surface area contributed by atoms with Gasteiger partial charge in [-0.05, 0) is 36.2 Å². The van der Waals surface area contributed by atoms with E-state index in [1.54, 1.807) is 19.1 Å². The molecule has 0 aliphatic heterocycles. The van der Waals surface area contributed by atoms with Crippen molar-refractivity contribution in [3.8, 4) is 0 Å². The number of halogens is 2. The minimum Gasteiger partial charge on any atom is -0.441 e. The summed E-state index contributed by atoms with van der Waals surface area (Å²) in [5, 5.41) is -0.289. The second-order valence-corrected chi connectivity index (χ2v) is 5.28. The molecule has 102 valence electrons. The van der Waals surface area contributed by atoms with Crippen LogP contribution in [0.5, 0.6) is 0 Å². The van der Waals surface area contributed by atoms with Gasteiger partial charge in [0.05, 0.1) is 5.38 Å². The van der Waals surface area contributed by atoms with Crippen molar-refractivity contribution < 1.29 is 8.81 Å². The Hall–Kier alpha value is -1.87. The van der Waals surface area contributed by atoms with Crippen molar-refractivity contribution in [2.45, 2.75) is 18.7 Å². The third-order valence-corrected chi connectivity index (χ3v) is 3.64. The zero-order chi connectivity index (χ0) is 14.1. The van der Waals surface area contributed by atoms with Gasteiger partial charge in [0, 0.05) is 6.42 Å². The topological polar surface area (TPSA) is 26.0 Å². The van der Waals surface area contributed by atoms with Crippen molar-refractivity contribution in [2.75, 3.05) is 0 Å². The lowest BCUT2D eigenvalue weighted by atomic mass is 10.1. The summed E-state index contributed by atoms with van der Waals surface area (Å²) >= 11 is 6.37. The Morgan fingerprint density at radius 3 is 2.80 bits per heavy atom. The Bertz CT molecular complexity index is 720. The molecule has 3 aromatic rings. The van der Waals surface area contributed by atoms with Crippen LogP contribution < -0.4 is 0 Å². The monoisotopic (exact) mass is 289 g/mol. The molecule has 0 amide bonds. The Morgan fingerprint density at radius 1 is 1.25 bits per heavy atom. The summed E-state index contributed by atoms with van der Waals surface area (Å²) in [6.07, 6.45) is 0.474. The average Bonchev–Trinajstić information content (AvgIpc) is 2.83. The van der Waals surface area contributed by atoms with Crippen molar-refractivity contribution in [3.63, 3.8) is 0 Å². The predicted octanol–water partition coefficient (Wildman–Crippen LogP) is 4.80. The van der Waals surface area contributed by atoms with Crippen molar-refractivity contribution in [3.05, 3.63) is 65.3 Å². The molecule has 0 N–H and O–H groups in total. The maximum Gasteiger partial charge on any atom is 0.197 e. The van der Waals surface area contributed by atoms with Gasteiger partial charge in [-0.2, -0.15) is 0 Å². The molecule has 2 nitrogen and oxygen atoms in total. The molecule has 2 aromatic carbocycles. The minimum absolute atomic E-state index is 0.223. The first-order chi connectivity index (χ1) is 9.63. The maximum atomic E-state index is 13.3. The fraction of sp³-hybridized carbons (Fsp3) is 0.188. The highest BCUT2D eigenvalue weighted by Gasteiger charge is 2.14. The lowest BCUT2D eigenvalue weighted by Crippen LogP contribution is -1.97. The number of rotatable bonds is 3. The molecular weight excluding hydrogens is 277 g/mol. The van der Waals surface area contributed by atoms with E-state index in [0.29, 0.717) is 17.9 Å². The quantitative estimate of drug-likeness (QED) is 0.647. The van der Waals surface area contributed by atoms with E-state index in [4.69, 9.17) is 16.0 Å². The highest BCUT2D eigenvalue weighted by atomic mass is 35.5. The van der Waals surface area contributed by atoms with E-state index in [2.05, 4.69) is 4.98 Å². The molecule has 4 heteroatoms. The van der Waals surface area contributed by atoms with Crippen LogP contribution >= 0.6 is 11.6 Å². The fourth-order valence-electron chi connectivity index (χ4n) is 2.14.